The second-order valence-electron chi connectivity index (χ2n) is 10.1. The average molecular weight is 567 g/mol. The van der Waals surface area contributed by atoms with E-state index in [4.69, 9.17) is 27.7 Å². The lowest BCUT2D eigenvalue weighted by molar-refractivity contribution is 1.29. The molecular formula is C33H27NP2S2. The van der Waals surface area contributed by atoms with Gasteiger partial charge in [-0.3, -0.25) is 0 Å². The molecular weight excluding hydrogens is 536 g/mol. The van der Waals surface area contributed by atoms with Gasteiger partial charge in [-0.25, -0.2) is 0 Å². The fourth-order valence-electron chi connectivity index (χ4n) is 5.93. The van der Waals surface area contributed by atoms with Crippen molar-refractivity contribution in [3.05, 3.63) is 126 Å². The topological polar surface area (TPSA) is 3.24 Å². The van der Waals surface area contributed by atoms with Crippen molar-refractivity contribution in [1.82, 2.24) is 0 Å². The van der Waals surface area contributed by atoms with Gasteiger partial charge in [0.05, 0.1) is 17.1 Å². The van der Waals surface area contributed by atoms with E-state index in [0.717, 1.165) is 60.0 Å². The van der Waals surface area contributed by atoms with Crippen LogP contribution in [0.25, 0.3) is 0 Å². The summed E-state index contributed by atoms with van der Waals surface area (Å²) in [4.78, 5) is 2.32. The lowest BCUT2D eigenvalue weighted by Gasteiger charge is -2.47. The van der Waals surface area contributed by atoms with Gasteiger partial charge < -0.3 is 4.90 Å². The van der Waals surface area contributed by atoms with Crippen LogP contribution in [0.15, 0.2) is 109 Å². The van der Waals surface area contributed by atoms with Crippen molar-refractivity contribution in [3.8, 4) is 0 Å². The predicted molar refractivity (Wildman–Crippen MR) is 175 cm³/mol. The first-order valence-corrected chi connectivity index (χ1v) is 18.2. The molecule has 0 fully saturated rings. The molecule has 5 aromatic carbocycles. The molecule has 38 heavy (non-hydrogen) atoms. The Labute approximate surface area is 239 Å². The summed E-state index contributed by atoms with van der Waals surface area (Å²) in [5.41, 5.74) is 5.63. The van der Waals surface area contributed by atoms with Crippen LogP contribution in [0.4, 0.5) is 17.1 Å². The highest BCUT2D eigenvalue weighted by Crippen LogP contribution is 2.60. The van der Waals surface area contributed by atoms with Crippen LogP contribution in [0.3, 0.4) is 0 Å². The molecule has 0 aliphatic carbocycles. The zero-order chi connectivity index (χ0) is 28.7. The maximum Gasteiger partial charge on any atom is 0.0643 e. The Morgan fingerprint density at radius 2 is 0.974 bits per heavy atom. The number of nitrogens with zero attached hydrogens (tertiary/aromatic N) is 1. The monoisotopic (exact) mass is 566 g/mol. The molecule has 0 radical (unpaired) electrons. The SMILES string of the molecule is [2H]C([2H])([2H])c1cc2c3c(c1)P(=S)(c1ccccc1)c1cc(C)ccc1N3c1ccc(C)cc1P2(=S)c1ccccc1. The molecule has 2 atom stereocenters. The van der Waals surface area contributed by atoms with Gasteiger partial charge in [-0.1, -0.05) is 108 Å². The Morgan fingerprint density at radius 1 is 0.553 bits per heavy atom. The van der Waals surface area contributed by atoms with Crippen LogP contribution < -0.4 is 36.7 Å². The van der Waals surface area contributed by atoms with Gasteiger partial charge in [-0.05, 0) is 73.3 Å². The first-order chi connectivity index (χ1) is 19.5. The minimum absolute atomic E-state index is 0.300. The van der Waals surface area contributed by atoms with Crippen molar-refractivity contribution in [1.29, 1.82) is 0 Å². The van der Waals surface area contributed by atoms with Crippen LogP contribution in [-0.4, -0.2) is 0 Å². The van der Waals surface area contributed by atoms with Crippen molar-refractivity contribution in [2.24, 2.45) is 0 Å². The van der Waals surface area contributed by atoms with Gasteiger partial charge in [0.15, 0.2) is 0 Å². The van der Waals surface area contributed by atoms with E-state index in [0.29, 0.717) is 5.56 Å². The van der Waals surface area contributed by atoms with E-state index in [1.165, 1.54) is 0 Å². The fraction of sp³-hybridized carbons (Fsp3) is 0.0909. The maximum absolute atomic E-state index is 8.53. The highest BCUT2D eigenvalue weighted by molar-refractivity contribution is 8.27. The van der Waals surface area contributed by atoms with E-state index in [1.54, 1.807) is 0 Å². The van der Waals surface area contributed by atoms with Gasteiger partial charge in [0.1, 0.15) is 0 Å². The molecule has 186 valence electrons. The molecule has 7 rings (SSSR count). The second kappa shape index (κ2) is 8.60. The van der Waals surface area contributed by atoms with Crippen molar-refractivity contribution in [3.63, 3.8) is 0 Å². The Kier molecular flexibility index (Phi) is 4.77. The van der Waals surface area contributed by atoms with Crippen LogP contribution in [0, 0.1) is 20.7 Å². The summed E-state index contributed by atoms with van der Waals surface area (Å²) in [6.07, 6.45) is 0. The third-order valence-corrected chi connectivity index (χ3v) is 17.4. The molecule has 2 aliphatic rings. The number of fused-ring (bicyclic) bond motifs is 4. The molecule has 1 nitrogen and oxygen atoms in total. The van der Waals surface area contributed by atoms with Crippen LogP contribution in [0.1, 0.15) is 20.8 Å². The Bertz CT molecular complexity index is 1840. The number of anilines is 3. The molecule has 5 aromatic rings. The molecule has 0 amide bonds. The smallest absolute Gasteiger partial charge is 0.0643 e. The van der Waals surface area contributed by atoms with Gasteiger partial charge in [0.2, 0.25) is 0 Å². The van der Waals surface area contributed by atoms with E-state index >= 15 is 0 Å². The van der Waals surface area contributed by atoms with E-state index in [1.807, 2.05) is 48.5 Å². The van der Waals surface area contributed by atoms with E-state index in [9.17, 15) is 0 Å². The largest absolute Gasteiger partial charge is 0.308 e. The minimum atomic E-state index is -2.67. The third kappa shape index (κ3) is 3.23. The van der Waals surface area contributed by atoms with Crippen molar-refractivity contribution >= 4 is 84.6 Å². The first kappa shape index (κ1) is 21.1. The molecule has 2 heterocycles. The molecule has 0 bridgehead atoms. The number of hydrogen-bond acceptors (Lipinski definition) is 3. The summed E-state index contributed by atoms with van der Waals surface area (Å²) < 4.78 is 25.6. The summed E-state index contributed by atoms with van der Waals surface area (Å²) in [6, 6.07) is 32.0. The number of aryl methyl sites for hydroxylation is 3. The van der Waals surface area contributed by atoms with Crippen LogP contribution >= 0.6 is 12.1 Å². The van der Waals surface area contributed by atoms with E-state index in [2.05, 4.69) is 79.4 Å². The number of benzene rings is 5. The summed E-state index contributed by atoms with van der Waals surface area (Å²) in [6.45, 7) is 1.87. The molecule has 0 spiro atoms. The molecule has 0 saturated carbocycles. The first-order valence-electron chi connectivity index (χ1n) is 14.1. The lowest BCUT2D eigenvalue weighted by Crippen LogP contribution is -2.46. The summed E-state index contributed by atoms with van der Waals surface area (Å²) in [5.74, 6) is 0. The lowest BCUT2D eigenvalue weighted by atomic mass is 10.1. The highest BCUT2D eigenvalue weighted by Gasteiger charge is 2.46. The molecule has 5 heteroatoms. The van der Waals surface area contributed by atoms with Crippen molar-refractivity contribution < 1.29 is 4.11 Å². The Morgan fingerprint density at radius 3 is 1.39 bits per heavy atom. The minimum Gasteiger partial charge on any atom is -0.308 e. The average Bonchev–Trinajstić information content (AvgIpc) is 2.97. The zero-order valence-electron chi connectivity index (χ0n) is 24.1. The zero-order valence-corrected chi connectivity index (χ0v) is 24.5. The second-order valence-corrected chi connectivity index (χ2v) is 18.8. The molecule has 0 N–H and O–H groups in total. The summed E-state index contributed by atoms with van der Waals surface area (Å²) >= 11 is 13.7. The molecule has 2 aliphatic heterocycles. The van der Waals surface area contributed by atoms with Gasteiger partial charge in [-0.2, -0.15) is 0 Å². The predicted octanol–water partition coefficient (Wildman–Crippen LogP) is 6.22. The Hall–Kier alpha value is -2.80. The fourth-order valence-corrected chi connectivity index (χ4v) is 14.7. The summed E-state index contributed by atoms with van der Waals surface area (Å²) in [7, 11) is 0. The van der Waals surface area contributed by atoms with Gasteiger partial charge in [0, 0.05) is 37.4 Å². The quantitative estimate of drug-likeness (QED) is 0.229. The van der Waals surface area contributed by atoms with Crippen LogP contribution in [-0.2, 0) is 23.6 Å². The maximum atomic E-state index is 8.53. The Balaban J connectivity index is 1.73. The van der Waals surface area contributed by atoms with Crippen LogP contribution in [0.5, 0.6) is 0 Å². The highest BCUT2D eigenvalue weighted by atomic mass is 32.4. The normalized spacial score (nSPS) is 22.4. The van der Waals surface area contributed by atoms with Crippen molar-refractivity contribution in [2.45, 2.75) is 20.7 Å². The molecule has 0 saturated heterocycles. The number of hydrogen-bond donors (Lipinski definition) is 0. The number of rotatable bonds is 2. The molecule has 2 unspecified atom stereocenters. The summed E-state index contributed by atoms with van der Waals surface area (Å²) in [5, 5.41) is 6.10. The van der Waals surface area contributed by atoms with E-state index in [-0.39, 0.29) is 0 Å². The standard InChI is InChI=1S/C33H27NP2S2/c1-22-14-16-27-29(18-22)35(37,25-10-6-4-7-11-25)31-20-24(3)21-32-33(31)34(27)28-17-15-23(2)19-30(28)36(32,38)26-12-8-5-9-13-26/h4-21H,1-3H3/i3D3. The van der Waals surface area contributed by atoms with Gasteiger partial charge in [0.25, 0.3) is 0 Å². The van der Waals surface area contributed by atoms with Crippen LogP contribution in [0.2, 0.25) is 0 Å². The molecule has 0 aromatic heterocycles. The van der Waals surface area contributed by atoms with E-state index < -0.39 is 18.9 Å². The van der Waals surface area contributed by atoms with Gasteiger partial charge in [-0.15, -0.1) is 0 Å². The third-order valence-electron chi connectivity index (χ3n) is 7.63. The van der Waals surface area contributed by atoms with Gasteiger partial charge >= 0.3 is 0 Å². The van der Waals surface area contributed by atoms with Crippen molar-refractivity contribution in [2.75, 3.05) is 4.90 Å².